The third kappa shape index (κ3) is 4.03. The first-order valence-corrected chi connectivity index (χ1v) is 13.8. The van der Waals surface area contributed by atoms with Gasteiger partial charge in [0.15, 0.2) is 11.5 Å². The Labute approximate surface area is 211 Å². The lowest BCUT2D eigenvalue weighted by Crippen LogP contribution is -2.49. The van der Waals surface area contributed by atoms with Crippen molar-refractivity contribution in [1.82, 2.24) is 9.80 Å². The minimum atomic E-state index is 0.0618. The number of benzene rings is 2. The van der Waals surface area contributed by atoms with Gasteiger partial charge in [0.1, 0.15) is 0 Å². The number of amides is 1. The Morgan fingerprint density at radius 1 is 0.943 bits per heavy atom. The van der Waals surface area contributed by atoms with Gasteiger partial charge in [-0.05, 0) is 81.3 Å². The molecule has 2 bridgehead atoms. The summed E-state index contributed by atoms with van der Waals surface area (Å²) in [4.78, 5) is 21.6. The van der Waals surface area contributed by atoms with Crippen LogP contribution in [0.1, 0.15) is 54.8 Å². The second-order valence-electron chi connectivity index (χ2n) is 9.86. The highest BCUT2D eigenvalue weighted by Gasteiger charge is 2.44. The molecule has 2 fully saturated rings. The van der Waals surface area contributed by atoms with Crippen LogP contribution < -0.4 is 9.64 Å². The zero-order valence-electron chi connectivity index (χ0n) is 20.5. The van der Waals surface area contributed by atoms with Gasteiger partial charge in [0.25, 0.3) is 5.91 Å². The smallest absolute Gasteiger partial charge is 0.253 e. The molecule has 0 radical (unpaired) electrons. The number of carbonyl (C=O) groups is 1. The summed E-state index contributed by atoms with van der Waals surface area (Å²) in [5.74, 6) is 1.72. The number of fused-ring (bicyclic) bond motifs is 4. The molecule has 1 aromatic heterocycles. The van der Waals surface area contributed by atoms with Crippen LogP contribution in [0, 0.1) is 0 Å². The first-order valence-electron chi connectivity index (χ1n) is 12.9. The third-order valence-electron chi connectivity index (χ3n) is 8.00. The van der Waals surface area contributed by atoms with E-state index in [2.05, 4.69) is 45.5 Å². The summed E-state index contributed by atoms with van der Waals surface area (Å²) >= 11 is 1.87. The molecule has 6 heteroatoms. The lowest BCUT2D eigenvalue weighted by atomic mass is 9.93. The molecule has 4 heterocycles. The molecule has 3 aliphatic heterocycles. The standard InChI is InChI=1S/C29H33N3O2S/c1-3-30(4-2)29(33)20-11-14-26-28(16-20)34-27-10-6-5-9-25(27)32(26)23-17-21-12-13-22(18-23)31(21)19-24-8-7-15-35-24/h5-11,14-16,21-23H,3-4,12-13,17-19H2,1-2H3/t21-,22+,23?. The number of hydrogen-bond acceptors (Lipinski definition) is 5. The van der Waals surface area contributed by atoms with Crippen LogP contribution in [0.5, 0.6) is 11.5 Å². The fraction of sp³-hybridized carbons (Fsp3) is 0.414. The predicted octanol–water partition coefficient (Wildman–Crippen LogP) is 6.67. The topological polar surface area (TPSA) is 36.0 Å². The van der Waals surface area contributed by atoms with Crippen molar-refractivity contribution in [2.45, 2.75) is 64.2 Å². The van der Waals surface area contributed by atoms with Crippen molar-refractivity contribution >= 4 is 28.6 Å². The molecule has 0 N–H and O–H groups in total. The maximum absolute atomic E-state index is 13.0. The number of thiophene rings is 1. The number of para-hydroxylation sites is 2. The number of rotatable bonds is 6. The summed E-state index contributed by atoms with van der Waals surface area (Å²) in [5, 5.41) is 2.19. The first-order chi connectivity index (χ1) is 17.2. The first kappa shape index (κ1) is 22.6. The van der Waals surface area contributed by atoms with E-state index >= 15 is 0 Å². The fourth-order valence-corrected chi connectivity index (χ4v) is 7.02. The van der Waals surface area contributed by atoms with Gasteiger partial charge < -0.3 is 14.5 Å². The van der Waals surface area contributed by atoms with Gasteiger partial charge in [-0.1, -0.05) is 18.2 Å². The maximum Gasteiger partial charge on any atom is 0.253 e. The van der Waals surface area contributed by atoms with Crippen molar-refractivity contribution in [3.63, 3.8) is 0 Å². The minimum Gasteiger partial charge on any atom is -0.453 e. The van der Waals surface area contributed by atoms with Crippen molar-refractivity contribution in [3.8, 4) is 11.5 Å². The summed E-state index contributed by atoms with van der Waals surface area (Å²) in [5.41, 5.74) is 2.91. The third-order valence-corrected chi connectivity index (χ3v) is 8.87. The van der Waals surface area contributed by atoms with E-state index in [4.69, 9.17) is 4.74 Å². The molecule has 0 spiro atoms. The molecule has 0 saturated carbocycles. The van der Waals surface area contributed by atoms with E-state index in [1.54, 1.807) is 0 Å². The average molecular weight is 488 g/mol. The van der Waals surface area contributed by atoms with E-state index in [1.165, 1.54) is 17.7 Å². The second-order valence-corrected chi connectivity index (χ2v) is 10.9. The van der Waals surface area contributed by atoms with Crippen LogP contribution in [-0.2, 0) is 6.54 Å². The SMILES string of the molecule is CCN(CC)C(=O)c1ccc2c(c1)Oc1ccccc1N2C1C[C@H]2CC[C@@H](C1)N2Cc1cccs1. The Balaban J connectivity index is 1.32. The highest BCUT2D eigenvalue weighted by atomic mass is 32.1. The maximum atomic E-state index is 13.0. The zero-order chi connectivity index (χ0) is 23.9. The average Bonchev–Trinajstić information content (AvgIpc) is 3.47. The van der Waals surface area contributed by atoms with Crippen LogP contribution >= 0.6 is 11.3 Å². The molecule has 0 aliphatic carbocycles. The van der Waals surface area contributed by atoms with E-state index in [0.29, 0.717) is 36.8 Å². The molecule has 5 nitrogen and oxygen atoms in total. The molecule has 2 aromatic carbocycles. The quantitative estimate of drug-likeness (QED) is 0.389. The van der Waals surface area contributed by atoms with E-state index in [0.717, 1.165) is 42.3 Å². The van der Waals surface area contributed by atoms with Crippen molar-refractivity contribution < 1.29 is 9.53 Å². The van der Waals surface area contributed by atoms with Gasteiger partial charge in [0.2, 0.25) is 0 Å². The largest absolute Gasteiger partial charge is 0.453 e. The molecule has 2 saturated heterocycles. The summed E-state index contributed by atoms with van der Waals surface area (Å²) in [6.07, 6.45) is 4.86. The molecule has 1 unspecified atom stereocenters. The van der Waals surface area contributed by atoms with Crippen molar-refractivity contribution in [2.75, 3.05) is 18.0 Å². The van der Waals surface area contributed by atoms with E-state index in [-0.39, 0.29) is 5.91 Å². The second kappa shape index (κ2) is 9.32. The minimum absolute atomic E-state index is 0.0618. The fourth-order valence-electron chi connectivity index (χ4n) is 6.30. The van der Waals surface area contributed by atoms with Gasteiger partial charge in [-0.15, -0.1) is 11.3 Å². The number of nitrogens with zero attached hydrogens (tertiary/aromatic N) is 3. The van der Waals surface area contributed by atoms with Crippen molar-refractivity contribution in [2.24, 2.45) is 0 Å². The Bertz CT molecular complexity index is 1190. The Morgan fingerprint density at radius 3 is 2.40 bits per heavy atom. The Kier molecular flexibility index (Phi) is 6.02. The van der Waals surface area contributed by atoms with Crippen molar-refractivity contribution in [1.29, 1.82) is 0 Å². The number of carbonyl (C=O) groups excluding carboxylic acids is 1. The Morgan fingerprint density at radius 2 is 1.69 bits per heavy atom. The van der Waals surface area contributed by atoms with Gasteiger partial charge in [0, 0.05) is 48.2 Å². The zero-order valence-corrected chi connectivity index (χ0v) is 21.3. The molecule has 1 amide bonds. The Hall–Kier alpha value is -2.83. The highest BCUT2D eigenvalue weighted by molar-refractivity contribution is 7.09. The van der Waals surface area contributed by atoms with Gasteiger partial charge in [-0.2, -0.15) is 0 Å². The van der Waals surface area contributed by atoms with Crippen LogP contribution in [0.4, 0.5) is 11.4 Å². The number of anilines is 2. The summed E-state index contributed by atoms with van der Waals surface area (Å²) in [6.45, 7) is 6.53. The van der Waals surface area contributed by atoms with Crippen LogP contribution in [0.15, 0.2) is 60.0 Å². The van der Waals surface area contributed by atoms with Crippen LogP contribution in [0.3, 0.4) is 0 Å². The molecule has 182 valence electrons. The van der Waals surface area contributed by atoms with E-state index < -0.39 is 0 Å². The molecular formula is C29H33N3O2S. The molecule has 3 aromatic rings. The molecule has 3 aliphatic rings. The number of ether oxygens (including phenoxy) is 1. The van der Waals surface area contributed by atoms with Gasteiger partial charge >= 0.3 is 0 Å². The highest BCUT2D eigenvalue weighted by Crippen LogP contribution is 2.51. The molecule has 6 rings (SSSR count). The van der Waals surface area contributed by atoms with Crippen LogP contribution in [-0.4, -0.2) is 46.9 Å². The monoisotopic (exact) mass is 487 g/mol. The van der Waals surface area contributed by atoms with Gasteiger partial charge in [0.05, 0.1) is 11.4 Å². The predicted molar refractivity (Wildman–Crippen MR) is 142 cm³/mol. The van der Waals surface area contributed by atoms with Gasteiger partial charge in [-0.25, -0.2) is 0 Å². The lowest BCUT2D eigenvalue weighted by molar-refractivity contribution is 0.0772. The molecule has 35 heavy (non-hydrogen) atoms. The summed E-state index contributed by atoms with van der Waals surface area (Å²) in [6, 6.07) is 20.4. The summed E-state index contributed by atoms with van der Waals surface area (Å²) in [7, 11) is 0. The van der Waals surface area contributed by atoms with Crippen LogP contribution in [0.25, 0.3) is 0 Å². The lowest BCUT2D eigenvalue weighted by Gasteiger charge is -2.46. The number of hydrogen-bond donors (Lipinski definition) is 0. The molecular weight excluding hydrogens is 454 g/mol. The summed E-state index contributed by atoms with van der Waals surface area (Å²) < 4.78 is 6.38. The van der Waals surface area contributed by atoms with E-state index in [1.807, 2.05) is 54.3 Å². The normalized spacial score (nSPS) is 22.9. The van der Waals surface area contributed by atoms with Crippen molar-refractivity contribution in [3.05, 3.63) is 70.4 Å². The van der Waals surface area contributed by atoms with E-state index in [9.17, 15) is 4.79 Å². The molecule has 3 atom stereocenters. The number of piperidine rings is 1. The van der Waals surface area contributed by atoms with Crippen LogP contribution in [0.2, 0.25) is 0 Å². The van der Waals surface area contributed by atoms with Gasteiger partial charge in [-0.3, -0.25) is 9.69 Å².